The Bertz CT molecular complexity index is 907. The summed E-state index contributed by atoms with van der Waals surface area (Å²) in [5.74, 6) is 1.28. The molecular weight excluding hydrogens is 344 g/mol. The molecule has 0 saturated carbocycles. The van der Waals surface area contributed by atoms with E-state index in [0.717, 1.165) is 42.4 Å². The number of nitrogens with one attached hydrogen (secondary N) is 1. The Balaban J connectivity index is 1.52. The van der Waals surface area contributed by atoms with Crippen molar-refractivity contribution in [1.29, 1.82) is 0 Å². The van der Waals surface area contributed by atoms with Crippen molar-refractivity contribution in [2.45, 2.75) is 0 Å². The van der Waals surface area contributed by atoms with E-state index < -0.39 is 0 Å². The molecule has 2 atom stereocenters. The number of carbonyl (C=O) groups excluding carboxylic acids is 1. The molecule has 2 aromatic heterocycles. The van der Waals surface area contributed by atoms with E-state index in [9.17, 15) is 4.79 Å². The summed E-state index contributed by atoms with van der Waals surface area (Å²) in [4.78, 5) is 16.3. The number of rotatable bonds is 3. The van der Waals surface area contributed by atoms with Gasteiger partial charge in [-0.1, -0.05) is 24.3 Å². The maximum absolute atomic E-state index is 13.3. The van der Waals surface area contributed by atoms with Crippen LogP contribution in [0.3, 0.4) is 0 Å². The topological polar surface area (TPSA) is 50.2 Å². The lowest BCUT2D eigenvalue weighted by Gasteiger charge is -2.17. The predicted molar refractivity (Wildman–Crippen MR) is 103 cm³/mol. The number of likely N-dealkylation sites (tertiary alicyclic amines) is 1. The molecule has 0 unspecified atom stereocenters. The van der Waals surface area contributed by atoms with Crippen molar-refractivity contribution < 1.29 is 4.79 Å². The highest BCUT2D eigenvalue weighted by Crippen LogP contribution is 2.32. The van der Waals surface area contributed by atoms with Crippen LogP contribution in [0.15, 0.2) is 54.0 Å². The van der Waals surface area contributed by atoms with E-state index in [0.29, 0.717) is 17.4 Å². The van der Waals surface area contributed by atoms with E-state index in [2.05, 4.69) is 5.32 Å². The fourth-order valence-electron chi connectivity index (χ4n) is 4.03. The fraction of sp³-hybridized carbons (Fsp3) is 0.300. The van der Waals surface area contributed by atoms with Gasteiger partial charge in [0.25, 0.3) is 5.91 Å². The number of para-hydroxylation sites is 1. The van der Waals surface area contributed by atoms with Gasteiger partial charge in [0, 0.05) is 32.4 Å². The first-order valence-corrected chi connectivity index (χ1v) is 9.86. The molecule has 1 aromatic carbocycles. The van der Waals surface area contributed by atoms with Crippen molar-refractivity contribution in [2.75, 3.05) is 26.2 Å². The zero-order valence-corrected chi connectivity index (χ0v) is 15.2. The van der Waals surface area contributed by atoms with Crippen LogP contribution in [0.5, 0.6) is 0 Å². The largest absolute Gasteiger partial charge is 0.338 e. The zero-order chi connectivity index (χ0) is 17.5. The molecule has 4 heterocycles. The quantitative estimate of drug-likeness (QED) is 0.777. The minimum Gasteiger partial charge on any atom is -0.338 e. The number of nitrogens with zero attached hydrogens (tertiary/aromatic N) is 3. The van der Waals surface area contributed by atoms with Gasteiger partial charge in [-0.3, -0.25) is 4.79 Å². The number of carbonyl (C=O) groups is 1. The number of hydrogen-bond acceptors (Lipinski definition) is 4. The maximum Gasteiger partial charge on any atom is 0.257 e. The highest BCUT2D eigenvalue weighted by atomic mass is 32.1. The summed E-state index contributed by atoms with van der Waals surface area (Å²) >= 11 is 1.62. The summed E-state index contributed by atoms with van der Waals surface area (Å²) in [6.07, 6.45) is 1.89. The minimum atomic E-state index is 0.102. The number of benzene rings is 1. The normalized spacial score (nSPS) is 21.9. The summed E-state index contributed by atoms with van der Waals surface area (Å²) in [6, 6.07) is 14.0. The highest BCUT2D eigenvalue weighted by Gasteiger charge is 2.39. The molecule has 1 N–H and O–H groups in total. The molecule has 26 heavy (non-hydrogen) atoms. The molecule has 5 rings (SSSR count). The first-order chi connectivity index (χ1) is 12.8. The van der Waals surface area contributed by atoms with Crippen LogP contribution < -0.4 is 5.32 Å². The van der Waals surface area contributed by atoms with Crippen molar-refractivity contribution in [3.05, 3.63) is 59.6 Å². The number of fused-ring (bicyclic) bond motifs is 1. The molecule has 2 aliphatic heterocycles. The molecule has 0 aliphatic carbocycles. The monoisotopic (exact) mass is 364 g/mol. The van der Waals surface area contributed by atoms with Crippen molar-refractivity contribution in [1.82, 2.24) is 20.0 Å². The van der Waals surface area contributed by atoms with Gasteiger partial charge in [-0.15, -0.1) is 11.3 Å². The Labute approximate surface area is 156 Å². The first kappa shape index (κ1) is 15.8. The Morgan fingerprint density at radius 2 is 1.85 bits per heavy atom. The average molecular weight is 364 g/mol. The Morgan fingerprint density at radius 1 is 1.08 bits per heavy atom. The Kier molecular flexibility index (Phi) is 3.87. The van der Waals surface area contributed by atoms with Crippen LogP contribution in [0.4, 0.5) is 0 Å². The molecule has 6 heteroatoms. The van der Waals surface area contributed by atoms with Gasteiger partial charge >= 0.3 is 0 Å². The molecular formula is C20H20N4OS. The van der Waals surface area contributed by atoms with Crippen LogP contribution in [-0.4, -0.2) is 46.8 Å². The SMILES string of the molecule is O=C(c1cn(-c2ccccc2)nc1-c1cccs1)N1C[C@H]2CNC[C@H]2C1. The van der Waals surface area contributed by atoms with Crippen LogP contribution in [0.25, 0.3) is 16.3 Å². The average Bonchev–Trinajstić information content (AvgIpc) is 3.44. The fourth-order valence-corrected chi connectivity index (χ4v) is 4.75. The number of thiophene rings is 1. The van der Waals surface area contributed by atoms with E-state index in [1.165, 1.54) is 0 Å². The van der Waals surface area contributed by atoms with Crippen LogP contribution in [0.2, 0.25) is 0 Å². The van der Waals surface area contributed by atoms with Crippen molar-refractivity contribution in [3.8, 4) is 16.3 Å². The van der Waals surface area contributed by atoms with Gasteiger partial charge in [-0.05, 0) is 35.4 Å². The molecule has 0 radical (unpaired) electrons. The van der Waals surface area contributed by atoms with Crippen LogP contribution in [0.1, 0.15) is 10.4 Å². The standard InChI is InChI=1S/C20H20N4OS/c25-20(23-11-14-9-21-10-15(14)12-23)17-13-24(16-5-2-1-3-6-16)22-19(17)18-7-4-8-26-18/h1-8,13-15,21H,9-12H2/t14-,15+. The summed E-state index contributed by atoms with van der Waals surface area (Å²) in [5, 5.41) is 10.2. The Morgan fingerprint density at radius 3 is 2.54 bits per heavy atom. The van der Waals surface area contributed by atoms with Gasteiger partial charge in [-0.2, -0.15) is 5.10 Å². The third kappa shape index (κ3) is 2.66. The number of amides is 1. The zero-order valence-electron chi connectivity index (χ0n) is 14.3. The van der Waals surface area contributed by atoms with Gasteiger partial charge in [0.15, 0.2) is 0 Å². The molecule has 0 spiro atoms. The highest BCUT2D eigenvalue weighted by molar-refractivity contribution is 7.13. The molecule has 2 fully saturated rings. The maximum atomic E-state index is 13.3. The lowest BCUT2D eigenvalue weighted by Crippen LogP contribution is -2.31. The van der Waals surface area contributed by atoms with Gasteiger partial charge < -0.3 is 10.2 Å². The lowest BCUT2D eigenvalue weighted by molar-refractivity contribution is 0.0782. The summed E-state index contributed by atoms with van der Waals surface area (Å²) in [7, 11) is 0. The molecule has 132 valence electrons. The molecule has 5 nitrogen and oxygen atoms in total. The molecule has 2 saturated heterocycles. The van der Waals surface area contributed by atoms with E-state index in [1.807, 2.05) is 63.6 Å². The Hall–Kier alpha value is -2.44. The van der Waals surface area contributed by atoms with Gasteiger partial charge in [0.1, 0.15) is 5.69 Å². The van der Waals surface area contributed by atoms with Gasteiger partial charge in [0.05, 0.1) is 16.1 Å². The number of hydrogen-bond donors (Lipinski definition) is 1. The van der Waals surface area contributed by atoms with Crippen LogP contribution >= 0.6 is 11.3 Å². The van der Waals surface area contributed by atoms with Crippen molar-refractivity contribution in [2.24, 2.45) is 11.8 Å². The third-order valence-electron chi connectivity index (χ3n) is 5.40. The number of aromatic nitrogens is 2. The lowest BCUT2D eigenvalue weighted by atomic mass is 10.0. The smallest absolute Gasteiger partial charge is 0.257 e. The van der Waals surface area contributed by atoms with Gasteiger partial charge in [0.2, 0.25) is 0 Å². The molecule has 3 aromatic rings. The van der Waals surface area contributed by atoms with Gasteiger partial charge in [-0.25, -0.2) is 4.68 Å². The first-order valence-electron chi connectivity index (χ1n) is 8.98. The van der Waals surface area contributed by atoms with E-state index in [1.54, 1.807) is 11.3 Å². The summed E-state index contributed by atoms with van der Waals surface area (Å²) < 4.78 is 1.82. The summed E-state index contributed by atoms with van der Waals surface area (Å²) in [5.41, 5.74) is 2.44. The van der Waals surface area contributed by atoms with Crippen LogP contribution in [0, 0.1) is 11.8 Å². The second kappa shape index (κ2) is 6.37. The van der Waals surface area contributed by atoms with Crippen LogP contribution in [-0.2, 0) is 0 Å². The second-order valence-corrected chi connectivity index (χ2v) is 7.99. The van der Waals surface area contributed by atoms with Crippen molar-refractivity contribution in [3.63, 3.8) is 0 Å². The molecule has 1 amide bonds. The minimum absolute atomic E-state index is 0.102. The van der Waals surface area contributed by atoms with E-state index >= 15 is 0 Å². The van der Waals surface area contributed by atoms with Crippen molar-refractivity contribution >= 4 is 17.2 Å². The van der Waals surface area contributed by atoms with E-state index in [4.69, 9.17) is 5.10 Å². The second-order valence-electron chi connectivity index (χ2n) is 7.04. The third-order valence-corrected chi connectivity index (χ3v) is 6.27. The molecule has 0 bridgehead atoms. The molecule has 2 aliphatic rings. The van der Waals surface area contributed by atoms with E-state index in [-0.39, 0.29) is 5.91 Å². The summed E-state index contributed by atoms with van der Waals surface area (Å²) in [6.45, 7) is 3.73. The predicted octanol–water partition coefficient (Wildman–Crippen LogP) is 2.89.